The van der Waals surface area contributed by atoms with Gasteiger partial charge in [0.05, 0.1) is 6.10 Å². The Morgan fingerprint density at radius 3 is 2.38 bits per heavy atom. The molecule has 0 saturated carbocycles. The Morgan fingerprint density at radius 2 is 2.00 bits per heavy atom. The van der Waals surface area contributed by atoms with Crippen LogP contribution in [0.4, 0.5) is 0 Å². The highest BCUT2D eigenvalue weighted by atomic mass is 28.4. The van der Waals surface area contributed by atoms with Crippen LogP contribution in [0, 0.1) is 0 Å². The Bertz CT molecular complexity index is 167. The van der Waals surface area contributed by atoms with Gasteiger partial charge in [0.15, 0.2) is 8.32 Å². The molecule has 0 heterocycles. The van der Waals surface area contributed by atoms with Crippen molar-refractivity contribution in [3.05, 3.63) is 24.8 Å². The van der Waals surface area contributed by atoms with Gasteiger partial charge in [0.1, 0.15) is 0 Å². The molecule has 0 fully saturated rings. The largest absolute Gasteiger partial charge is 0.411 e. The summed E-state index contributed by atoms with van der Waals surface area (Å²) in [6, 6.07) is 0. The third-order valence-electron chi connectivity index (χ3n) is 1.49. The van der Waals surface area contributed by atoms with Crippen LogP contribution in [-0.4, -0.2) is 14.4 Å². The highest BCUT2D eigenvalue weighted by Gasteiger charge is 2.18. The van der Waals surface area contributed by atoms with Crippen LogP contribution < -0.4 is 0 Å². The second-order valence-electron chi connectivity index (χ2n) is 4.13. The van der Waals surface area contributed by atoms with Crippen molar-refractivity contribution in [3.8, 4) is 0 Å². The minimum absolute atomic E-state index is 0.240. The maximum absolute atomic E-state index is 5.96. The van der Waals surface area contributed by atoms with E-state index in [1.807, 2.05) is 6.08 Å². The van der Waals surface area contributed by atoms with Gasteiger partial charge in [-0.3, -0.25) is 0 Å². The quantitative estimate of drug-likeness (QED) is 0.466. The first kappa shape index (κ1) is 12.7. The van der Waals surface area contributed by atoms with Gasteiger partial charge in [-0.05, 0) is 32.5 Å². The molecule has 76 valence electrons. The third kappa shape index (κ3) is 8.00. The van der Waals surface area contributed by atoms with Gasteiger partial charge in [-0.25, -0.2) is 0 Å². The Labute approximate surface area is 83.6 Å². The first-order chi connectivity index (χ1) is 5.99. The van der Waals surface area contributed by atoms with Gasteiger partial charge in [0.25, 0.3) is 0 Å². The Balaban J connectivity index is 4.09. The van der Waals surface area contributed by atoms with E-state index < -0.39 is 8.32 Å². The summed E-state index contributed by atoms with van der Waals surface area (Å²) in [5, 5.41) is 0. The molecule has 0 radical (unpaired) electrons. The predicted octanol–water partition coefficient (Wildman–Crippen LogP) is 3.75. The molecule has 1 nitrogen and oxygen atoms in total. The maximum Gasteiger partial charge on any atom is 0.184 e. The molecule has 0 rings (SSSR count). The molecule has 0 aliphatic carbocycles. The molecule has 1 atom stereocenters. The summed E-state index contributed by atoms with van der Waals surface area (Å²) in [5.41, 5.74) is 0. The third-order valence-corrected chi connectivity index (χ3v) is 2.50. The summed E-state index contributed by atoms with van der Waals surface area (Å²) in [7, 11) is -1.41. The van der Waals surface area contributed by atoms with Crippen molar-refractivity contribution in [3.63, 3.8) is 0 Å². The monoisotopic (exact) mass is 198 g/mol. The van der Waals surface area contributed by atoms with E-state index in [0.29, 0.717) is 0 Å². The summed E-state index contributed by atoms with van der Waals surface area (Å²) in [6.07, 6.45) is 8.46. The topological polar surface area (TPSA) is 9.23 Å². The molecular formula is C11H22OSi. The van der Waals surface area contributed by atoms with Crippen LogP contribution in [0.3, 0.4) is 0 Å². The molecule has 13 heavy (non-hydrogen) atoms. The molecule has 1 unspecified atom stereocenters. The van der Waals surface area contributed by atoms with E-state index in [-0.39, 0.29) is 6.10 Å². The van der Waals surface area contributed by atoms with Gasteiger partial charge in [-0.2, -0.15) is 0 Å². The van der Waals surface area contributed by atoms with Crippen molar-refractivity contribution in [2.75, 3.05) is 0 Å². The fourth-order valence-corrected chi connectivity index (χ4v) is 2.16. The van der Waals surface area contributed by atoms with Crippen LogP contribution in [0.25, 0.3) is 0 Å². The molecule has 2 heteroatoms. The maximum atomic E-state index is 5.96. The SMILES string of the molecule is C=CCC(C=CCC)O[Si](C)(C)C. The van der Waals surface area contributed by atoms with Crippen LogP contribution in [0.1, 0.15) is 19.8 Å². The standard InChI is InChI=1S/C11H22OSi/c1-6-8-10-11(9-7-2)12-13(3,4)5/h7-8,10-11H,2,6,9H2,1,3-5H3. The lowest BCUT2D eigenvalue weighted by atomic mass is 10.2. The zero-order valence-corrected chi connectivity index (χ0v) is 10.3. The highest BCUT2D eigenvalue weighted by molar-refractivity contribution is 6.69. The molecule has 0 saturated heterocycles. The zero-order chi connectivity index (χ0) is 10.3. The van der Waals surface area contributed by atoms with E-state index in [1.54, 1.807) is 0 Å². The number of hydrogen-bond donors (Lipinski definition) is 0. The molecule has 0 spiro atoms. The summed E-state index contributed by atoms with van der Waals surface area (Å²) in [4.78, 5) is 0. The van der Waals surface area contributed by atoms with Crippen molar-refractivity contribution < 1.29 is 4.43 Å². The van der Waals surface area contributed by atoms with Crippen LogP contribution in [0.15, 0.2) is 24.8 Å². The van der Waals surface area contributed by atoms with Gasteiger partial charge < -0.3 is 4.43 Å². The first-order valence-electron chi connectivity index (χ1n) is 4.95. The molecule has 0 bridgehead atoms. The minimum atomic E-state index is -1.41. The highest BCUT2D eigenvalue weighted by Crippen LogP contribution is 2.11. The average Bonchev–Trinajstić information content (AvgIpc) is 1.98. The Morgan fingerprint density at radius 1 is 1.38 bits per heavy atom. The second kappa shape index (κ2) is 6.16. The fourth-order valence-electron chi connectivity index (χ4n) is 1.07. The molecule has 0 aliphatic heterocycles. The summed E-state index contributed by atoms with van der Waals surface area (Å²) in [6.45, 7) is 12.5. The van der Waals surface area contributed by atoms with Crippen LogP contribution in [0.5, 0.6) is 0 Å². The van der Waals surface area contributed by atoms with E-state index in [4.69, 9.17) is 4.43 Å². The number of hydrogen-bond acceptors (Lipinski definition) is 1. The van der Waals surface area contributed by atoms with Crippen molar-refractivity contribution in [1.29, 1.82) is 0 Å². The molecule has 0 aromatic rings. The van der Waals surface area contributed by atoms with Gasteiger partial charge in [0, 0.05) is 0 Å². The Hall–Kier alpha value is -0.343. The fraction of sp³-hybridized carbons (Fsp3) is 0.636. The average molecular weight is 198 g/mol. The van der Waals surface area contributed by atoms with E-state index >= 15 is 0 Å². The van der Waals surface area contributed by atoms with Crippen LogP contribution in [-0.2, 0) is 4.43 Å². The van der Waals surface area contributed by atoms with Gasteiger partial charge in [-0.1, -0.05) is 25.2 Å². The van der Waals surface area contributed by atoms with E-state index in [0.717, 1.165) is 12.8 Å². The molecule has 0 amide bonds. The predicted molar refractivity (Wildman–Crippen MR) is 62.5 cm³/mol. The van der Waals surface area contributed by atoms with E-state index in [1.165, 1.54) is 0 Å². The van der Waals surface area contributed by atoms with E-state index in [2.05, 4.69) is 45.3 Å². The lowest BCUT2D eigenvalue weighted by molar-refractivity contribution is 0.245. The van der Waals surface area contributed by atoms with Crippen molar-refractivity contribution >= 4 is 8.32 Å². The van der Waals surface area contributed by atoms with Crippen molar-refractivity contribution in [2.45, 2.75) is 45.5 Å². The second-order valence-corrected chi connectivity index (χ2v) is 8.59. The first-order valence-corrected chi connectivity index (χ1v) is 8.35. The smallest absolute Gasteiger partial charge is 0.184 e. The molecule has 0 N–H and O–H groups in total. The van der Waals surface area contributed by atoms with Gasteiger partial charge >= 0.3 is 0 Å². The molecular weight excluding hydrogens is 176 g/mol. The number of rotatable bonds is 6. The number of allylic oxidation sites excluding steroid dienone is 1. The molecule has 0 aromatic heterocycles. The summed E-state index contributed by atoms with van der Waals surface area (Å²) < 4.78 is 5.96. The normalized spacial score (nSPS) is 14.8. The Kier molecular flexibility index (Phi) is 6.00. The van der Waals surface area contributed by atoms with E-state index in [9.17, 15) is 0 Å². The van der Waals surface area contributed by atoms with Crippen molar-refractivity contribution in [1.82, 2.24) is 0 Å². The van der Waals surface area contributed by atoms with Crippen molar-refractivity contribution in [2.24, 2.45) is 0 Å². The summed E-state index contributed by atoms with van der Waals surface area (Å²) in [5.74, 6) is 0. The minimum Gasteiger partial charge on any atom is -0.411 e. The van der Waals surface area contributed by atoms with Crippen LogP contribution >= 0.6 is 0 Å². The van der Waals surface area contributed by atoms with Crippen LogP contribution in [0.2, 0.25) is 19.6 Å². The lowest BCUT2D eigenvalue weighted by Gasteiger charge is -2.23. The van der Waals surface area contributed by atoms with Gasteiger partial charge in [0.2, 0.25) is 0 Å². The van der Waals surface area contributed by atoms with Gasteiger partial charge in [-0.15, -0.1) is 6.58 Å². The summed E-state index contributed by atoms with van der Waals surface area (Å²) >= 11 is 0. The zero-order valence-electron chi connectivity index (χ0n) is 9.34. The molecule has 0 aliphatic rings. The molecule has 0 aromatic carbocycles. The lowest BCUT2D eigenvalue weighted by Crippen LogP contribution is -2.30.